The van der Waals surface area contributed by atoms with Gasteiger partial charge >= 0.3 is 5.69 Å². The number of ether oxygens (including phenoxy) is 1. The van der Waals surface area contributed by atoms with Crippen LogP contribution in [0.3, 0.4) is 0 Å². The van der Waals surface area contributed by atoms with Gasteiger partial charge in [0, 0.05) is 20.3 Å². The molecule has 0 N–H and O–H groups in total. The van der Waals surface area contributed by atoms with Crippen LogP contribution in [0.5, 0.6) is 5.75 Å². The topological polar surface area (TPSA) is 66.9 Å². The molecule has 7 nitrogen and oxygen atoms in total. The second kappa shape index (κ2) is 5.92. The van der Waals surface area contributed by atoms with E-state index in [4.69, 9.17) is 17.7 Å². The first-order valence-electron chi connectivity index (χ1n) is 7.41. The van der Waals surface area contributed by atoms with Crippen LogP contribution in [0.25, 0.3) is 5.69 Å². The largest absolute Gasteiger partial charge is 0.488 e. The Morgan fingerprint density at radius 2 is 2.13 bits per heavy atom. The van der Waals surface area contributed by atoms with Crippen LogP contribution < -0.4 is 10.4 Å². The molecule has 2 heterocycles. The molecule has 1 aromatic carbocycles. The molecule has 3 aromatic rings. The van der Waals surface area contributed by atoms with Crippen molar-refractivity contribution in [3.05, 3.63) is 57.2 Å². The lowest BCUT2D eigenvalue weighted by molar-refractivity contribution is 0.303. The van der Waals surface area contributed by atoms with Crippen molar-refractivity contribution < 1.29 is 6.11 Å². The minimum atomic E-state index is -0.367. The van der Waals surface area contributed by atoms with Crippen LogP contribution in [0.4, 0.5) is 0 Å². The van der Waals surface area contributed by atoms with E-state index in [1.54, 1.807) is 36.0 Å². The quantitative estimate of drug-likeness (QED) is 0.729. The molecule has 23 heavy (non-hydrogen) atoms. The minimum absolute atomic E-state index is 0.163. The third-order valence-electron chi connectivity index (χ3n) is 3.53. The Hall–Kier alpha value is -2.54. The third-order valence-corrected chi connectivity index (χ3v) is 4.02. The Morgan fingerprint density at radius 1 is 1.35 bits per heavy atom. The highest BCUT2D eigenvalue weighted by molar-refractivity contribution is 6.30. The molecule has 0 spiro atoms. The molecule has 0 atom stereocenters. The van der Waals surface area contributed by atoms with E-state index in [9.17, 15) is 4.79 Å². The van der Waals surface area contributed by atoms with E-state index >= 15 is 0 Å². The first-order chi connectivity index (χ1) is 11.4. The Kier molecular flexibility index (Phi) is 3.63. The Bertz CT molecular complexity index is 959. The van der Waals surface area contributed by atoms with E-state index in [0.29, 0.717) is 28.2 Å². The van der Waals surface area contributed by atoms with Gasteiger partial charge in [0.15, 0.2) is 0 Å². The molecule has 0 fully saturated rings. The molecule has 0 aliphatic heterocycles. The van der Waals surface area contributed by atoms with E-state index in [-0.39, 0.29) is 12.3 Å². The molecule has 0 aliphatic carbocycles. The van der Waals surface area contributed by atoms with Crippen LogP contribution in [0.15, 0.2) is 35.2 Å². The van der Waals surface area contributed by atoms with Gasteiger partial charge < -0.3 is 9.30 Å². The van der Waals surface area contributed by atoms with E-state index in [1.807, 2.05) is 6.92 Å². The number of para-hydroxylation sites is 1. The maximum atomic E-state index is 12.1. The average Bonchev–Trinajstić information content (AvgIpc) is 3.00. The first kappa shape index (κ1) is 14.1. The number of nitrogens with zero attached hydrogens (tertiary/aromatic N) is 5. The highest BCUT2D eigenvalue weighted by atomic mass is 35.5. The molecule has 0 saturated heterocycles. The summed E-state index contributed by atoms with van der Waals surface area (Å²) in [5.74, 6) is 0.656. The summed E-state index contributed by atoms with van der Waals surface area (Å²) >= 11 is 6.34. The SMILES string of the molecule is [3H]c1ccc(OCc2c(-n3nnn(C)c3=O)cn(C)c2Cl)c(C)c1. The smallest absolute Gasteiger partial charge is 0.368 e. The predicted molar refractivity (Wildman–Crippen MR) is 86.1 cm³/mol. The second-order valence-corrected chi connectivity index (χ2v) is 5.53. The van der Waals surface area contributed by atoms with Gasteiger partial charge in [-0.25, -0.2) is 4.79 Å². The number of aromatic nitrogens is 5. The van der Waals surface area contributed by atoms with Gasteiger partial charge in [0.2, 0.25) is 0 Å². The van der Waals surface area contributed by atoms with Crippen LogP contribution in [0.1, 0.15) is 12.5 Å². The molecule has 0 radical (unpaired) electrons. The van der Waals surface area contributed by atoms with Gasteiger partial charge in [0.1, 0.15) is 17.5 Å². The molecule has 0 bridgehead atoms. The van der Waals surface area contributed by atoms with Gasteiger partial charge in [-0.2, -0.15) is 9.36 Å². The number of aryl methyl sites for hydroxylation is 3. The molecule has 120 valence electrons. The summed E-state index contributed by atoms with van der Waals surface area (Å²) < 4.78 is 17.4. The summed E-state index contributed by atoms with van der Waals surface area (Å²) in [7, 11) is 3.30. The maximum absolute atomic E-state index is 12.1. The van der Waals surface area contributed by atoms with Crippen LogP contribution in [-0.4, -0.2) is 24.4 Å². The fourth-order valence-electron chi connectivity index (χ4n) is 2.23. The predicted octanol–water partition coefficient (Wildman–Crippen LogP) is 1.85. The molecule has 0 saturated carbocycles. The number of tetrazole rings is 1. The standard InChI is InChI=1S/C15H16ClN5O2/c1-10-6-4-5-7-13(10)23-9-11-12(8-19(2)14(11)16)21-15(22)20(3)17-18-21/h4-8H,9H2,1-3H3/i4T. The Morgan fingerprint density at radius 3 is 2.78 bits per heavy atom. The van der Waals surface area contributed by atoms with Gasteiger partial charge in [-0.05, 0) is 29.0 Å². The minimum Gasteiger partial charge on any atom is -0.488 e. The molecule has 2 aromatic heterocycles. The lowest BCUT2D eigenvalue weighted by Gasteiger charge is -2.09. The summed E-state index contributed by atoms with van der Waals surface area (Å²) in [5.41, 5.74) is 1.65. The number of rotatable bonds is 4. The number of hydrogen-bond acceptors (Lipinski definition) is 4. The molecule has 0 aliphatic rings. The summed E-state index contributed by atoms with van der Waals surface area (Å²) in [4.78, 5) is 12.1. The summed E-state index contributed by atoms with van der Waals surface area (Å²) in [6, 6.07) is 5.53. The Balaban J connectivity index is 1.96. The van der Waals surface area contributed by atoms with Crippen molar-refractivity contribution in [2.45, 2.75) is 13.5 Å². The highest BCUT2D eigenvalue weighted by Gasteiger charge is 2.18. The van der Waals surface area contributed by atoms with Gasteiger partial charge in [0.25, 0.3) is 0 Å². The maximum Gasteiger partial charge on any atom is 0.368 e. The average molecular weight is 336 g/mol. The van der Waals surface area contributed by atoms with Crippen molar-refractivity contribution >= 4 is 11.6 Å². The fraction of sp³-hybridized carbons (Fsp3) is 0.267. The van der Waals surface area contributed by atoms with Crippen molar-refractivity contribution in [2.24, 2.45) is 14.1 Å². The van der Waals surface area contributed by atoms with Crippen molar-refractivity contribution in [2.75, 3.05) is 0 Å². The number of benzene rings is 1. The molecule has 0 amide bonds. The summed E-state index contributed by atoms with van der Waals surface area (Å²) in [5, 5.41) is 8.02. The zero-order valence-corrected chi connectivity index (χ0v) is 13.7. The van der Waals surface area contributed by atoms with Crippen molar-refractivity contribution in [3.63, 3.8) is 0 Å². The molecule has 3 rings (SSSR count). The van der Waals surface area contributed by atoms with E-state index in [0.717, 1.165) is 10.2 Å². The lowest BCUT2D eigenvalue weighted by Crippen LogP contribution is -2.22. The molecular formula is C15H16ClN5O2. The van der Waals surface area contributed by atoms with E-state index in [2.05, 4.69) is 10.4 Å². The van der Waals surface area contributed by atoms with Crippen molar-refractivity contribution in [1.29, 1.82) is 0 Å². The summed E-state index contributed by atoms with van der Waals surface area (Å²) in [6.45, 7) is 2.03. The van der Waals surface area contributed by atoms with E-state index < -0.39 is 0 Å². The number of halogens is 1. The van der Waals surface area contributed by atoms with Gasteiger partial charge in [0.05, 0.1) is 12.6 Å². The van der Waals surface area contributed by atoms with Crippen LogP contribution >= 0.6 is 11.6 Å². The van der Waals surface area contributed by atoms with Crippen molar-refractivity contribution in [3.8, 4) is 11.4 Å². The molecule has 8 heteroatoms. The van der Waals surface area contributed by atoms with Gasteiger partial charge in [-0.3, -0.25) is 0 Å². The first-order valence-corrected chi connectivity index (χ1v) is 7.29. The zero-order valence-electron chi connectivity index (χ0n) is 13.9. The van der Waals surface area contributed by atoms with E-state index in [1.165, 1.54) is 11.7 Å². The van der Waals surface area contributed by atoms with Crippen LogP contribution in [0.2, 0.25) is 5.15 Å². The third kappa shape index (κ3) is 2.75. The zero-order chi connectivity index (χ0) is 17.4. The lowest BCUT2D eigenvalue weighted by atomic mass is 10.2. The molecule has 0 unspecified atom stereocenters. The normalized spacial score (nSPS) is 11.6. The highest BCUT2D eigenvalue weighted by Crippen LogP contribution is 2.26. The van der Waals surface area contributed by atoms with Crippen LogP contribution in [0, 0.1) is 6.92 Å². The van der Waals surface area contributed by atoms with Gasteiger partial charge in [-0.1, -0.05) is 29.8 Å². The monoisotopic (exact) mass is 335 g/mol. The fourth-order valence-corrected chi connectivity index (χ4v) is 2.43. The molecular weight excluding hydrogens is 318 g/mol. The van der Waals surface area contributed by atoms with Crippen molar-refractivity contribution in [1.82, 2.24) is 24.4 Å². The summed E-state index contributed by atoms with van der Waals surface area (Å²) in [6.07, 6.45) is 1.71. The number of hydrogen-bond donors (Lipinski definition) is 0. The van der Waals surface area contributed by atoms with Gasteiger partial charge in [-0.15, -0.1) is 0 Å². The Labute approximate surface area is 139 Å². The van der Waals surface area contributed by atoms with Crippen LogP contribution in [-0.2, 0) is 20.7 Å². The second-order valence-electron chi connectivity index (χ2n) is 5.17.